The first kappa shape index (κ1) is 14.0. The quantitative estimate of drug-likeness (QED) is 0.813. The van der Waals surface area contributed by atoms with E-state index in [-0.39, 0.29) is 36.3 Å². The van der Waals surface area contributed by atoms with E-state index >= 15 is 0 Å². The summed E-state index contributed by atoms with van der Waals surface area (Å²) in [4.78, 5) is 14.0. The van der Waals surface area contributed by atoms with Crippen LogP contribution in [0.3, 0.4) is 0 Å². The van der Waals surface area contributed by atoms with E-state index in [9.17, 15) is 19.4 Å². The van der Waals surface area contributed by atoms with Crippen LogP contribution in [0.25, 0.3) is 0 Å². The van der Waals surface area contributed by atoms with Gasteiger partial charge < -0.3 is 10.2 Å². The van der Waals surface area contributed by atoms with Gasteiger partial charge >= 0.3 is 0 Å². The van der Waals surface area contributed by atoms with Crippen molar-refractivity contribution in [1.29, 1.82) is 0 Å². The molecule has 1 aromatic rings. The highest BCUT2D eigenvalue weighted by atomic mass is 19.1. The number of piperidine rings is 1. The molecule has 0 spiro atoms. The van der Waals surface area contributed by atoms with Crippen molar-refractivity contribution >= 4 is 5.78 Å². The Bertz CT molecular complexity index is 464. The SMILES string of the molecule is O=C(CN1CCCCC1CO)c1cc(F)ccc1O. The zero-order valence-corrected chi connectivity index (χ0v) is 10.7. The van der Waals surface area contributed by atoms with Crippen LogP contribution in [-0.2, 0) is 0 Å². The molecule has 1 aromatic carbocycles. The summed E-state index contributed by atoms with van der Waals surface area (Å²) in [5, 5.41) is 18.9. The minimum atomic E-state index is -0.543. The second-order valence-electron chi connectivity index (χ2n) is 4.89. The van der Waals surface area contributed by atoms with Gasteiger partial charge in [-0.2, -0.15) is 0 Å². The van der Waals surface area contributed by atoms with Gasteiger partial charge in [0.25, 0.3) is 0 Å². The number of carbonyl (C=O) groups is 1. The first-order chi connectivity index (χ1) is 9.11. The van der Waals surface area contributed by atoms with Gasteiger partial charge in [0.1, 0.15) is 11.6 Å². The highest BCUT2D eigenvalue weighted by molar-refractivity contribution is 6.00. The minimum absolute atomic E-state index is 0.00210. The number of rotatable bonds is 4. The fraction of sp³-hybridized carbons (Fsp3) is 0.500. The Balaban J connectivity index is 2.09. The molecule has 1 unspecified atom stereocenters. The number of Topliss-reactive ketones (excluding diaryl/α,β-unsaturated/α-hetero) is 1. The van der Waals surface area contributed by atoms with Crippen molar-refractivity contribution < 1.29 is 19.4 Å². The highest BCUT2D eigenvalue weighted by Crippen LogP contribution is 2.21. The van der Waals surface area contributed by atoms with Gasteiger partial charge in [0, 0.05) is 6.04 Å². The smallest absolute Gasteiger partial charge is 0.180 e. The Kier molecular flexibility index (Phi) is 4.50. The van der Waals surface area contributed by atoms with Crippen LogP contribution in [0.2, 0.25) is 0 Å². The number of aliphatic hydroxyl groups excluding tert-OH is 1. The number of hydrogen-bond acceptors (Lipinski definition) is 4. The van der Waals surface area contributed by atoms with Crippen LogP contribution in [0.1, 0.15) is 29.6 Å². The number of phenolic OH excluding ortho intramolecular Hbond substituents is 1. The Morgan fingerprint density at radius 2 is 2.21 bits per heavy atom. The molecular formula is C14H18FNO3. The number of nitrogens with zero attached hydrogens (tertiary/aromatic N) is 1. The fourth-order valence-electron chi connectivity index (χ4n) is 2.48. The number of phenols is 1. The summed E-state index contributed by atoms with van der Waals surface area (Å²) in [5.41, 5.74) is 0.00210. The van der Waals surface area contributed by atoms with E-state index in [4.69, 9.17) is 0 Å². The number of halogens is 1. The second kappa shape index (κ2) is 6.12. The largest absolute Gasteiger partial charge is 0.507 e. The third kappa shape index (κ3) is 3.30. The van der Waals surface area contributed by atoms with Crippen molar-refractivity contribution in [1.82, 2.24) is 4.90 Å². The summed E-state index contributed by atoms with van der Waals surface area (Å²) in [6.07, 6.45) is 2.89. The minimum Gasteiger partial charge on any atom is -0.507 e. The van der Waals surface area contributed by atoms with Gasteiger partial charge in [0.15, 0.2) is 5.78 Å². The number of aromatic hydroxyl groups is 1. The van der Waals surface area contributed by atoms with Gasteiger partial charge in [-0.25, -0.2) is 4.39 Å². The standard InChI is InChI=1S/C14H18FNO3/c15-10-4-5-13(18)12(7-10)14(19)8-16-6-2-1-3-11(16)9-17/h4-5,7,11,17-18H,1-3,6,8-9H2. The van der Waals surface area contributed by atoms with E-state index in [1.54, 1.807) is 0 Å². The molecule has 0 saturated carbocycles. The van der Waals surface area contributed by atoms with Gasteiger partial charge in [-0.05, 0) is 37.6 Å². The van der Waals surface area contributed by atoms with E-state index in [2.05, 4.69) is 0 Å². The van der Waals surface area contributed by atoms with E-state index in [0.717, 1.165) is 37.9 Å². The van der Waals surface area contributed by atoms with Crippen LogP contribution in [0.4, 0.5) is 4.39 Å². The van der Waals surface area contributed by atoms with Crippen LogP contribution in [-0.4, -0.2) is 46.6 Å². The maximum absolute atomic E-state index is 13.1. The van der Waals surface area contributed by atoms with Crippen LogP contribution < -0.4 is 0 Å². The molecule has 5 heteroatoms. The molecule has 19 heavy (non-hydrogen) atoms. The Labute approximate surface area is 111 Å². The van der Waals surface area contributed by atoms with Gasteiger partial charge in [0.05, 0.1) is 18.7 Å². The van der Waals surface area contributed by atoms with Gasteiger partial charge in [0.2, 0.25) is 0 Å². The second-order valence-corrected chi connectivity index (χ2v) is 4.89. The first-order valence-electron chi connectivity index (χ1n) is 6.48. The molecule has 1 saturated heterocycles. The average Bonchev–Trinajstić information content (AvgIpc) is 2.42. The number of hydrogen-bond donors (Lipinski definition) is 2. The lowest BCUT2D eigenvalue weighted by Crippen LogP contribution is -2.44. The van der Waals surface area contributed by atoms with Crippen LogP contribution >= 0.6 is 0 Å². The lowest BCUT2D eigenvalue weighted by atomic mass is 10.0. The Hall–Kier alpha value is -1.46. The summed E-state index contributed by atoms with van der Waals surface area (Å²) in [6, 6.07) is 3.33. The molecule has 0 bridgehead atoms. The number of benzene rings is 1. The van der Waals surface area contributed by atoms with Gasteiger partial charge in [-0.3, -0.25) is 9.69 Å². The molecule has 4 nitrogen and oxygen atoms in total. The predicted molar refractivity (Wildman–Crippen MR) is 68.7 cm³/mol. The Morgan fingerprint density at radius 1 is 1.42 bits per heavy atom. The monoisotopic (exact) mass is 267 g/mol. The molecule has 0 amide bonds. The lowest BCUT2D eigenvalue weighted by molar-refractivity contribution is 0.0709. The van der Waals surface area contributed by atoms with E-state index in [1.165, 1.54) is 6.07 Å². The zero-order valence-electron chi connectivity index (χ0n) is 10.7. The molecule has 1 atom stereocenters. The summed E-state index contributed by atoms with van der Waals surface area (Å²) in [6.45, 7) is 0.859. The molecule has 2 rings (SSSR count). The van der Waals surface area contributed by atoms with E-state index in [0.29, 0.717) is 0 Å². The number of aliphatic hydroxyl groups is 1. The molecule has 1 heterocycles. The molecule has 1 aliphatic heterocycles. The van der Waals surface area contributed by atoms with Crippen LogP contribution in [0.5, 0.6) is 5.75 Å². The summed E-state index contributed by atoms with van der Waals surface area (Å²) in [7, 11) is 0. The highest BCUT2D eigenvalue weighted by Gasteiger charge is 2.25. The first-order valence-corrected chi connectivity index (χ1v) is 6.48. The maximum Gasteiger partial charge on any atom is 0.180 e. The lowest BCUT2D eigenvalue weighted by Gasteiger charge is -2.33. The number of carbonyl (C=O) groups excluding carboxylic acids is 1. The fourth-order valence-corrected chi connectivity index (χ4v) is 2.48. The molecule has 0 radical (unpaired) electrons. The topological polar surface area (TPSA) is 60.8 Å². The number of ketones is 1. The van der Waals surface area contributed by atoms with Crippen LogP contribution in [0, 0.1) is 5.82 Å². The van der Waals surface area contributed by atoms with Crippen LogP contribution in [0.15, 0.2) is 18.2 Å². The molecule has 104 valence electrons. The Morgan fingerprint density at radius 3 is 2.95 bits per heavy atom. The molecule has 2 N–H and O–H groups in total. The number of likely N-dealkylation sites (tertiary alicyclic amines) is 1. The molecule has 1 fully saturated rings. The zero-order chi connectivity index (χ0) is 13.8. The summed E-state index contributed by atoms with van der Waals surface area (Å²) in [5.74, 6) is -1.07. The third-order valence-electron chi connectivity index (χ3n) is 3.57. The summed E-state index contributed by atoms with van der Waals surface area (Å²) < 4.78 is 13.1. The van der Waals surface area contributed by atoms with Gasteiger partial charge in [-0.1, -0.05) is 6.42 Å². The molecule has 1 aliphatic rings. The van der Waals surface area contributed by atoms with Crippen molar-refractivity contribution in [2.24, 2.45) is 0 Å². The van der Waals surface area contributed by atoms with E-state index < -0.39 is 5.82 Å². The van der Waals surface area contributed by atoms with Crippen molar-refractivity contribution in [3.63, 3.8) is 0 Å². The molecule has 0 aromatic heterocycles. The molecular weight excluding hydrogens is 249 g/mol. The van der Waals surface area contributed by atoms with E-state index in [1.807, 2.05) is 4.90 Å². The van der Waals surface area contributed by atoms with Gasteiger partial charge in [-0.15, -0.1) is 0 Å². The normalized spacial score (nSPS) is 20.4. The maximum atomic E-state index is 13.1. The summed E-state index contributed by atoms with van der Waals surface area (Å²) >= 11 is 0. The predicted octanol–water partition coefficient (Wildman–Crippen LogP) is 1.56. The average molecular weight is 267 g/mol. The van der Waals surface area contributed by atoms with Crippen molar-refractivity contribution in [2.45, 2.75) is 25.3 Å². The third-order valence-corrected chi connectivity index (χ3v) is 3.57. The molecule has 0 aliphatic carbocycles. The van der Waals surface area contributed by atoms with Crippen molar-refractivity contribution in [3.8, 4) is 5.75 Å². The van der Waals surface area contributed by atoms with Crippen molar-refractivity contribution in [3.05, 3.63) is 29.6 Å². The van der Waals surface area contributed by atoms with Crippen molar-refractivity contribution in [2.75, 3.05) is 19.7 Å².